The molecule has 14 heavy (non-hydrogen) atoms. The van der Waals surface area contributed by atoms with E-state index in [9.17, 15) is 4.57 Å². The molecule has 0 aromatic rings. The molecule has 0 amide bonds. The van der Waals surface area contributed by atoms with Crippen LogP contribution in [-0.2, 0) is 13.6 Å². The minimum Gasteiger partial charge on any atom is -0.303 e. The fourth-order valence-corrected chi connectivity index (χ4v) is 2.73. The lowest BCUT2D eigenvalue weighted by molar-refractivity contribution is 0.148. The summed E-state index contributed by atoms with van der Waals surface area (Å²) in [4.78, 5) is 0. The lowest BCUT2D eigenvalue weighted by Crippen LogP contribution is -2.15. The van der Waals surface area contributed by atoms with Gasteiger partial charge in [0.25, 0.3) is 0 Å². The van der Waals surface area contributed by atoms with E-state index >= 15 is 0 Å². The van der Waals surface area contributed by atoms with Crippen molar-refractivity contribution in [2.75, 3.05) is 17.4 Å². The summed E-state index contributed by atoms with van der Waals surface area (Å²) in [5, 5.41) is 0. The van der Waals surface area contributed by atoms with Crippen LogP contribution < -0.4 is 0 Å². The molecule has 0 aromatic heterocycles. The summed E-state index contributed by atoms with van der Waals surface area (Å²) in [5.74, 6) is 0.471. The van der Waals surface area contributed by atoms with E-state index in [4.69, 9.17) is 43.9 Å². The van der Waals surface area contributed by atoms with Gasteiger partial charge in [0, 0.05) is 11.8 Å². The van der Waals surface area contributed by atoms with Gasteiger partial charge in [0.2, 0.25) is 0 Å². The van der Waals surface area contributed by atoms with Gasteiger partial charge >= 0.3 is 7.60 Å². The predicted molar refractivity (Wildman–Crippen MR) is 60.9 cm³/mol. The highest BCUT2D eigenvalue weighted by atomic mass is 35.5. The van der Waals surface area contributed by atoms with E-state index in [0.29, 0.717) is 0 Å². The lowest BCUT2D eigenvalue weighted by Gasteiger charge is -2.22. The van der Waals surface area contributed by atoms with Crippen LogP contribution in [0, 0.1) is 0 Å². The molecule has 0 N–H and O–H groups in total. The van der Waals surface area contributed by atoms with Crippen molar-refractivity contribution in [3.8, 4) is 0 Å². The average molecular weight is 284 g/mol. The molecule has 0 heterocycles. The second kappa shape index (κ2) is 7.32. The molecule has 0 aliphatic rings. The van der Waals surface area contributed by atoms with E-state index in [2.05, 4.69) is 0 Å². The van der Waals surface area contributed by atoms with Crippen molar-refractivity contribution in [3.63, 3.8) is 0 Å². The SMILES string of the molecule is CC(CCl)OP(=O)(CCl)OC(C)CCl. The first-order chi connectivity index (χ1) is 6.47. The maximum atomic E-state index is 11.8. The summed E-state index contributed by atoms with van der Waals surface area (Å²) < 4.78 is 22.1. The van der Waals surface area contributed by atoms with Gasteiger partial charge in [0.15, 0.2) is 0 Å². The highest BCUT2D eigenvalue weighted by Gasteiger charge is 2.28. The van der Waals surface area contributed by atoms with Gasteiger partial charge in [0.05, 0.1) is 12.2 Å². The standard InChI is InChI=1S/C7H14Cl3O3P/c1-6(3-8)12-14(11,5-10)13-7(2)4-9/h6-7H,3-5H2,1-2H3. The molecule has 0 saturated carbocycles. The molecule has 0 saturated heterocycles. The zero-order valence-corrected chi connectivity index (χ0v) is 11.2. The molecule has 0 fully saturated rings. The lowest BCUT2D eigenvalue weighted by atomic mass is 10.5. The van der Waals surface area contributed by atoms with Crippen LogP contribution in [0.25, 0.3) is 0 Å². The second-order valence-electron chi connectivity index (χ2n) is 2.87. The maximum absolute atomic E-state index is 11.8. The predicted octanol–water partition coefficient (Wildman–Crippen LogP) is 3.66. The summed E-state index contributed by atoms with van der Waals surface area (Å²) in [5.41, 5.74) is -0.199. The van der Waals surface area contributed by atoms with Crippen LogP contribution in [0.2, 0.25) is 0 Å². The second-order valence-corrected chi connectivity index (χ2v) is 6.09. The molecule has 0 radical (unpaired) electrons. The van der Waals surface area contributed by atoms with Crippen molar-refractivity contribution in [3.05, 3.63) is 0 Å². The first kappa shape index (κ1) is 15.0. The third-order valence-corrected chi connectivity index (χ3v) is 4.66. The monoisotopic (exact) mass is 282 g/mol. The minimum atomic E-state index is -3.25. The molecule has 0 aliphatic heterocycles. The van der Waals surface area contributed by atoms with Crippen molar-refractivity contribution in [1.82, 2.24) is 0 Å². The highest BCUT2D eigenvalue weighted by Crippen LogP contribution is 2.51. The highest BCUT2D eigenvalue weighted by molar-refractivity contribution is 7.55. The quantitative estimate of drug-likeness (QED) is 0.528. The van der Waals surface area contributed by atoms with E-state index < -0.39 is 7.60 Å². The van der Waals surface area contributed by atoms with E-state index in [1.54, 1.807) is 13.8 Å². The minimum absolute atomic E-state index is 0.199. The van der Waals surface area contributed by atoms with Gasteiger partial charge < -0.3 is 9.05 Å². The fraction of sp³-hybridized carbons (Fsp3) is 1.00. The Balaban J connectivity index is 4.25. The Bertz CT molecular complexity index is 187. The number of alkyl halides is 3. The third-order valence-electron chi connectivity index (χ3n) is 1.26. The van der Waals surface area contributed by atoms with Gasteiger partial charge in [-0.3, -0.25) is 4.57 Å². The van der Waals surface area contributed by atoms with Crippen molar-refractivity contribution in [2.45, 2.75) is 26.1 Å². The van der Waals surface area contributed by atoms with E-state index in [1.165, 1.54) is 0 Å². The molecule has 2 atom stereocenters. The van der Waals surface area contributed by atoms with Gasteiger partial charge in [-0.25, -0.2) is 0 Å². The first-order valence-corrected chi connectivity index (χ1v) is 7.44. The van der Waals surface area contributed by atoms with Crippen LogP contribution in [0.5, 0.6) is 0 Å². The van der Waals surface area contributed by atoms with Gasteiger partial charge in [-0.15, -0.1) is 34.8 Å². The number of halogens is 3. The van der Waals surface area contributed by atoms with Crippen LogP contribution >= 0.6 is 42.4 Å². The van der Waals surface area contributed by atoms with Crippen molar-refractivity contribution < 1.29 is 13.6 Å². The van der Waals surface area contributed by atoms with Gasteiger partial charge in [-0.05, 0) is 13.8 Å². The Hall–Kier alpha value is 1.02. The molecule has 86 valence electrons. The van der Waals surface area contributed by atoms with Crippen LogP contribution in [-0.4, -0.2) is 29.6 Å². The van der Waals surface area contributed by atoms with Gasteiger partial charge in [-0.2, -0.15) is 0 Å². The zero-order valence-electron chi connectivity index (χ0n) is 8.08. The molecule has 3 nitrogen and oxygen atoms in total. The fourth-order valence-electron chi connectivity index (χ4n) is 0.686. The van der Waals surface area contributed by atoms with Gasteiger partial charge in [0.1, 0.15) is 5.62 Å². The van der Waals surface area contributed by atoms with Crippen LogP contribution in [0.3, 0.4) is 0 Å². The van der Waals surface area contributed by atoms with Crippen LogP contribution in [0.1, 0.15) is 13.8 Å². The van der Waals surface area contributed by atoms with Gasteiger partial charge in [-0.1, -0.05) is 0 Å². The van der Waals surface area contributed by atoms with Crippen molar-refractivity contribution in [2.24, 2.45) is 0 Å². The number of hydrogen-bond acceptors (Lipinski definition) is 3. The summed E-state index contributed by atoms with van der Waals surface area (Å²) in [6.07, 6.45) is -0.715. The molecule has 0 bridgehead atoms. The molecule has 2 unspecified atom stereocenters. The molecule has 0 aromatic carbocycles. The Kier molecular flexibility index (Phi) is 7.85. The molecule has 0 spiro atoms. The molecular weight excluding hydrogens is 269 g/mol. The third kappa shape index (κ3) is 5.79. The Morgan fingerprint density at radius 3 is 1.64 bits per heavy atom. The Labute approximate surface area is 99.5 Å². The smallest absolute Gasteiger partial charge is 0.303 e. The summed E-state index contributed by atoms with van der Waals surface area (Å²) in [6.45, 7) is 3.39. The summed E-state index contributed by atoms with van der Waals surface area (Å²) in [6, 6.07) is 0. The van der Waals surface area contributed by atoms with Crippen molar-refractivity contribution in [1.29, 1.82) is 0 Å². The molecular formula is C7H14Cl3O3P. The van der Waals surface area contributed by atoms with Crippen molar-refractivity contribution >= 4 is 42.4 Å². The normalized spacial score (nSPS) is 20.1. The summed E-state index contributed by atoms with van der Waals surface area (Å²) in [7, 11) is -3.25. The topological polar surface area (TPSA) is 35.5 Å². The first-order valence-electron chi connectivity index (χ1n) is 4.11. The average Bonchev–Trinajstić information content (AvgIpc) is 2.17. The van der Waals surface area contributed by atoms with E-state index in [0.717, 1.165) is 0 Å². The van der Waals surface area contributed by atoms with Crippen LogP contribution in [0.15, 0.2) is 0 Å². The number of rotatable bonds is 7. The summed E-state index contributed by atoms with van der Waals surface area (Å²) >= 11 is 16.5. The molecule has 0 rings (SSSR count). The number of hydrogen-bond donors (Lipinski definition) is 0. The molecule has 0 aliphatic carbocycles. The van der Waals surface area contributed by atoms with E-state index in [-0.39, 0.29) is 29.6 Å². The Morgan fingerprint density at radius 2 is 1.43 bits per heavy atom. The van der Waals surface area contributed by atoms with E-state index in [1.807, 2.05) is 0 Å². The van der Waals surface area contributed by atoms with Crippen LogP contribution in [0.4, 0.5) is 0 Å². The largest absolute Gasteiger partial charge is 0.345 e. The Morgan fingerprint density at radius 1 is 1.07 bits per heavy atom. The molecule has 7 heteroatoms. The maximum Gasteiger partial charge on any atom is 0.345 e. The zero-order chi connectivity index (χ0) is 11.2.